The molecular weight excluding hydrogens is 574 g/mol. The third kappa shape index (κ3) is 4.02. The summed E-state index contributed by atoms with van der Waals surface area (Å²) in [6, 6.07) is 19.4. The fourth-order valence-corrected chi connectivity index (χ4v) is 4.66. The van der Waals surface area contributed by atoms with Gasteiger partial charge in [-0.15, -0.1) is 0 Å². The summed E-state index contributed by atoms with van der Waals surface area (Å²) in [4.78, 5) is 0. The molecule has 0 bridgehead atoms. The summed E-state index contributed by atoms with van der Waals surface area (Å²) in [7, 11) is 0. The first kappa shape index (κ1) is 20.0. The van der Waals surface area contributed by atoms with Crippen molar-refractivity contribution < 1.29 is 5.11 Å². The van der Waals surface area contributed by atoms with Crippen molar-refractivity contribution in [2.45, 2.75) is 26.5 Å². The molecule has 0 spiro atoms. The van der Waals surface area contributed by atoms with E-state index in [1.54, 1.807) is 0 Å². The van der Waals surface area contributed by atoms with E-state index in [0.29, 0.717) is 13.1 Å². The maximum Gasteiger partial charge on any atom is 0.0891 e. The van der Waals surface area contributed by atoms with Crippen LogP contribution in [0.25, 0.3) is 21.8 Å². The van der Waals surface area contributed by atoms with Crippen LogP contribution in [0.1, 0.15) is 11.1 Å². The third-order valence-electron chi connectivity index (χ3n) is 5.10. The average Bonchev–Trinajstić information content (AvgIpc) is 2.95. The highest BCUT2D eigenvalue weighted by molar-refractivity contribution is 14.1. The molecule has 0 radical (unpaired) electrons. The monoisotopic (exact) mass is 596 g/mol. The molecule has 0 aliphatic carbocycles. The molecule has 0 saturated carbocycles. The molecule has 144 valence electrons. The number of rotatable bonds is 5. The van der Waals surface area contributed by atoms with Crippen LogP contribution in [0.2, 0.25) is 0 Å². The minimum absolute atomic E-state index is 0.489. The van der Waals surface area contributed by atoms with Crippen molar-refractivity contribution in [2.75, 3.05) is 11.9 Å². The van der Waals surface area contributed by atoms with Gasteiger partial charge in [0.15, 0.2) is 0 Å². The highest BCUT2D eigenvalue weighted by atomic mass is 127. The number of aliphatic hydroxyl groups is 1. The molecule has 28 heavy (non-hydrogen) atoms. The standard InChI is InChI=1S/C23H22I2N2O/c1-14-3-4-15(2)21(9-14)26-12-18(28)13-27-22-7-5-16(24)10-19(22)20-11-17(25)6-8-23(20)27/h3-11,18,26,28H,12-13H2,1-2H3. The number of nitrogens with one attached hydrogen (secondary N) is 1. The van der Waals surface area contributed by atoms with E-state index in [1.165, 1.54) is 40.1 Å². The maximum atomic E-state index is 10.8. The normalized spacial score (nSPS) is 12.6. The molecule has 3 aromatic carbocycles. The fraction of sp³-hybridized carbons (Fsp3) is 0.217. The van der Waals surface area contributed by atoms with Gasteiger partial charge < -0.3 is 15.0 Å². The van der Waals surface area contributed by atoms with Gasteiger partial charge >= 0.3 is 0 Å². The molecule has 1 unspecified atom stereocenters. The van der Waals surface area contributed by atoms with Crippen LogP contribution < -0.4 is 5.32 Å². The van der Waals surface area contributed by atoms with Crippen LogP contribution in [0.3, 0.4) is 0 Å². The molecule has 1 aromatic heterocycles. The van der Waals surface area contributed by atoms with Crippen LogP contribution in [0.4, 0.5) is 5.69 Å². The van der Waals surface area contributed by atoms with E-state index in [9.17, 15) is 5.11 Å². The molecule has 4 rings (SSSR count). The Morgan fingerprint density at radius 2 is 1.50 bits per heavy atom. The summed E-state index contributed by atoms with van der Waals surface area (Å²) in [5.41, 5.74) is 5.84. The van der Waals surface area contributed by atoms with Crippen LogP contribution in [0.15, 0.2) is 54.6 Å². The van der Waals surface area contributed by atoms with E-state index in [-0.39, 0.29) is 0 Å². The van der Waals surface area contributed by atoms with E-state index in [0.717, 1.165) is 5.69 Å². The van der Waals surface area contributed by atoms with Crippen molar-refractivity contribution in [3.63, 3.8) is 0 Å². The highest BCUT2D eigenvalue weighted by Crippen LogP contribution is 2.31. The molecule has 4 aromatic rings. The van der Waals surface area contributed by atoms with Gasteiger partial charge in [-0.3, -0.25) is 0 Å². The van der Waals surface area contributed by atoms with Crippen LogP contribution in [-0.2, 0) is 6.54 Å². The fourth-order valence-electron chi connectivity index (χ4n) is 3.67. The number of hydrogen-bond acceptors (Lipinski definition) is 2. The lowest BCUT2D eigenvalue weighted by Gasteiger charge is -2.17. The van der Waals surface area contributed by atoms with Crippen LogP contribution in [0.5, 0.6) is 0 Å². The minimum atomic E-state index is -0.489. The van der Waals surface area contributed by atoms with Crippen LogP contribution >= 0.6 is 45.2 Å². The molecule has 1 heterocycles. The summed E-state index contributed by atoms with van der Waals surface area (Å²) in [5.74, 6) is 0. The van der Waals surface area contributed by atoms with Gasteiger partial charge in [0.1, 0.15) is 0 Å². The van der Waals surface area contributed by atoms with Crippen LogP contribution in [-0.4, -0.2) is 22.3 Å². The quantitative estimate of drug-likeness (QED) is 0.274. The summed E-state index contributed by atoms with van der Waals surface area (Å²) < 4.78 is 4.69. The van der Waals surface area contributed by atoms with Gasteiger partial charge in [-0.05, 0) is 113 Å². The minimum Gasteiger partial charge on any atom is -0.389 e. The van der Waals surface area contributed by atoms with Gasteiger partial charge in [0.25, 0.3) is 0 Å². The smallest absolute Gasteiger partial charge is 0.0891 e. The number of anilines is 1. The number of aliphatic hydroxyl groups excluding tert-OH is 1. The topological polar surface area (TPSA) is 37.2 Å². The van der Waals surface area contributed by atoms with Gasteiger partial charge in [-0.25, -0.2) is 0 Å². The van der Waals surface area contributed by atoms with E-state index in [2.05, 4.69) is 124 Å². The first-order valence-corrected chi connectivity index (χ1v) is 11.4. The van der Waals surface area contributed by atoms with Crippen molar-refractivity contribution in [2.24, 2.45) is 0 Å². The Balaban J connectivity index is 1.64. The first-order chi connectivity index (χ1) is 13.4. The number of fused-ring (bicyclic) bond motifs is 3. The lowest BCUT2D eigenvalue weighted by Crippen LogP contribution is -2.25. The molecule has 0 amide bonds. The second-order valence-corrected chi connectivity index (χ2v) is 9.78. The molecule has 0 saturated heterocycles. The molecule has 3 nitrogen and oxygen atoms in total. The van der Waals surface area contributed by atoms with Gasteiger partial charge in [-0.2, -0.15) is 0 Å². The first-order valence-electron chi connectivity index (χ1n) is 9.28. The summed E-state index contributed by atoms with van der Waals surface area (Å²) >= 11 is 4.72. The zero-order valence-corrected chi connectivity index (χ0v) is 20.2. The van der Waals surface area contributed by atoms with E-state index >= 15 is 0 Å². The van der Waals surface area contributed by atoms with Gasteiger partial charge in [-0.1, -0.05) is 12.1 Å². The molecular formula is C23H22I2N2O. The zero-order valence-electron chi connectivity index (χ0n) is 15.8. The number of benzene rings is 3. The second-order valence-electron chi connectivity index (χ2n) is 7.29. The van der Waals surface area contributed by atoms with Crippen molar-refractivity contribution >= 4 is 72.7 Å². The molecule has 5 heteroatoms. The Kier molecular flexibility index (Phi) is 5.85. The number of aromatic nitrogens is 1. The van der Waals surface area contributed by atoms with Crippen molar-refractivity contribution in [3.05, 3.63) is 72.9 Å². The highest BCUT2D eigenvalue weighted by Gasteiger charge is 2.15. The number of nitrogens with zero attached hydrogens (tertiary/aromatic N) is 1. The summed E-state index contributed by atoms with van der Waals surface area (Å²) in [6.07, 6.45) is -0.489. The number of halogens is 2. The Bertz CT molecular complexity index is 1110. The molecule has 0 aliphatic rings. The lowest BCUT2D eigenvalue weighted by molar-refractivity contribution is 0.169. The van der Waals surface area contributed by atoms with Crippen molar-refractivity contribution in [1.82, 2.24) is 4.57 Å². The Morgan fingerprint density at radius 3 is 2.11 bits per heavy atom. The number of hydrogen-bond donors (Lipinski definition) is 2. The molecule has 0 fully saturated rings. The molecule has 0 aliphatic heterocycles. The Morgan fingerprint density at radius 1 is 0.893 bits per heavy atom. The van der Waals surface area contributed by atoms with E-state index < -0.39 is 6.10 Å². The van der Waals surface area contributed by atoms with Crippen molar-refractivity contribution in [1.29, 1.82) is 0 Å². The predicted molar refractivity (Wildman–Crippen MR) is 135 cm³/mol. The van der Waals surface area contributed by atoms with Gasteiger partial charge in [0.05, 0.1) is 12.6 Å². The largest absolute Gasteiger partial charge is 0.389 e. The van der Waals surface area contributed by atoms with Gasteiger partial charge in [0, 0.05) is 41.2 Å². The summed E-state index contributed by atoms with van der Waals surface area (Å²) in [6.45, 7) is 5.24. The Hall–Kier alpha value is -1.32. The van der Waals surface area contributed by atoms with E-state index in [4.69, 9.17) is 0 Å². The zero-order chi connectivity index (χ0) is 19.8. The van der Waals surface area contributed by atoms with Gasteiger partial charge in [0.2, 0.25) is 0 Å². The number of aryl methyl sites for hydroxylation is 2. The predicted octanol–water partition coefficient (Wildman–Crippen LogP) is 6.09. The second kappa shape index (κ2) is 8.20. The summed E-state index contributed by atoms with van der Waals surface area (Å²) in [5, 5.41) is 16.7. The maximum absolute atomic E-state index is 10.8. The Labute approximate surface area is 192 Å². The average molecular weight is 596 g/mol. The third-order valence-corrected chi connectivity index (χ3v) is 6.45. The van der Waals surface area contributed by atoms with Crippen molar-refractivity contribution in [3.8, 4) is 0 Å². The molecule has 1 atom stereocenters. The van der Waals surface area contributed by atoms with Crippen LogP contribution in [0, 0.1) is 21.0 Å². The van der Waals surface area contributed by atoms with E-state index in [1.807, 2.05) is 0 Å². The SMILES string of the molecule is Cc1ccc(C)c(NCC(O)Cn2c3ccc(I)cc3c3cc(I)ccc32)c1. The lowest BCUT2D eigenvalue weighted by atomic mass is 10.1. The molecule has 2 N–H and O–H groups in total.